The molecule has 3 nitrogen and oxygen atoms in total. The van der Waals surface area contributed by atoms with Crippen LogP contribution in [0.5, 0.6) is 0 Å². The molecule has 0 bridgehead atoms. The van der Waals surface area contributed by atoms with Gasteiger partial charge < -0.3 is 5.11 Å². The molecule has 0 aliphatic carbocycles. The number of aryl methyl sites for hydroxylation is 1. The van der Waals surface area contributed by atoms with Crippen molar-refractivity contribution in [1.82, 2.24) is 4.98 Å². The maximum absolute atomic E-state index is 11.9. The fourth-order valence-corrected chi connectivity index (χ4v) is 1.88. The molecule has 0 aromatic carbocycles. The number of rotatable bonds is 6. The van der Waals surface area contributed by atoms with Crippen molar-refractivity contribution in [2.24, 2.45) is 0 Å². The van der Waals surface area contributed by atoms with Crippen LogP contribution in [0.3, 0.4) is 0 Å². The fourth-order valence-electron chi connectivity index (χ4n) is 1.53. The highest BCUT2D eigenvalue weighted by atomic mass is 79.9. The number of hydrogen-bond acceptors (Lipinski definition) is 3. The Labute approximate surface area is 104 Å². The molecule has 1 N–H and O–H groups in total. The van der Waals surface area contributed by atoms with Gasteiger partial charge in [0.15, 0.2) is 5.78 Å². The fraction of sp³-hybridized carbons (Fsp3) is 0.500. The molecule has 0 unspecified atom stereocenters. The molecule has 0 fully saturated rings. The monoisotopic (exact) mass is 285 g/mol. The van der Waals surface area contributed by atoms with Gasteiger partial charge in [-0.25, -0.2) is 4.98 Å². The van der Waals surface area contributed by atoms with Gasteiger partial charge in [0.1, 0.15) is 4.60 Å². The lowest BCUT2D eigenvalue weighted by atomic mass is 10.0. The molecule has 0 spiro atoms. The van der Waals surface area contributed by atoms with E-state index in [1.165, 1.54) is 0 Å². The molecule has 0 saturated carbocycles. The van der Waals surface area contributed by atoms with Crippen LogP contribution in [0, 0.1) is 0 Å². The van der Waals surface area contributed by atoms with Crippen LogP contribution in [0.1, 0.15) is 42.2 Å². The van der Waals surface area contributed by atoms with Gasteiger partial charge in [0.05, 0.1) is 5.69 Å². The van der Waals surface area contributed by atoms with E-state index in [1.807, 2.05) is 13.0 Å². The molecule has 16 heavy (non-hydrogen) atoms. The third-order valence-electron chi connectivity index (χ3n) is 2.39. The molecule has 0 atom stereocenters. The molecule has 1 aromatic rings. The van der Waals surface area contributed by atoms with E-state index in [9.17, 15) is 4.79 Å². The lowest BCUT2D eigenvalue weighted by Gasteiger charge is -2.06. The van der Waals surface area contributed by atoms with Crippen molar-refractivity contribution in [2.45, 2.75) is 32.6 Å². The van der Waals surface area contributed by atoms with Crippen LogP contribution in [0.4, 0.5) is 0 Å². The van der Waals surface area contributed by atoms with E-state index in [1.54, 1.807) is 6.07 Å². The van der Waals surface area contributed by atoms with E-state index in [2.05, 4.69) is 20.9 Å². The number of hydrogen-bond donors (Lipinski definition) is 1. The van der Waals surface area contributed by atoms with Crippen molar-refractivity contribution in [2.75, 3.05) is 6.61 Å². The first-order chi connectivity index (χ1) is 7.69. The van der Waals surface area contributed by atoms with Crippen molar-refractivity contribution >= 4 is 21.7 Å². The van der Waals surface area contributed by atoms with Crippen LogP contribution in [0.2, 0.25) is 0 Å². The second-order valence-corrected chi connectivity index (χ2v) is 4.40. The van der Waals surface area contributed by atoms with Crippen LogP contribution in [0.25, 0.3) is 0 Å². The molecule has 0 radical (unpaired) electrons. The highest BCUT2D eigenvalue weighted by molar-refractivity contribution is 9.10. The number of aliphatic hydroxyl groups is 1. The summed E-state index contributed by atoms with van der Waals surface area (Å²) in [5.41, 5.74) is 1.55. The molecule has 0 saturated heterocycles. The Bertz CT molecular complexity index is 366. The summed E-state index contributed by atoms with van der Waals surface area (Å²) in [5, 5.41) is 8.66. The molecule has 0 amide bonds. The standard InChI is InChI=1S/C12H16BrNO2/c1-2-10-9(6-7-12(13)14-10)11(16)5-3-4-8-15/h6-7,15H,2-5,8H2,1H3. The molecular formula is C12H16BrNO2. The molecule has 1 aromatic heterocycles. The molecular weight excluding hydrogens is 270 g/mol. The molecule has 4 heteroatoms. The lowest BCUT2D eigenvalue weighted by Crippen LogP contribution is -2.05. The minimum absolute atomic E-state index is 0.116. The number of pyridine rings is 1. The lowest BCUT2D eigenvalue weighted by molar-refractivity contribution is 0.0976. The maximum atomic E-state index is 11.9. The largest absolute Gasteiger partial charge is 0.396 e. The van der Waals surface area contributed by atoms with Crippen LogP contribution < -0.4 is 0 Å². The van der Waals surface area contributed by atoms with Crippen LogP contribution >= 0.6 is 15.9 Å². The minimum atomic E-state index is 0.116. The summed E-state index contributed by atoms with van der Waals surface area (Å²) in [6, 6.07) is 3.61. The number of Topliss-reactive ketones (excluding diaryl/α,β-unsaturated/α-hetero) is 1. The van der Waals surface area contributed by atoms with Crippen molar-refractivity contribution in [3.05, 3.63) is 28.0 Å². The van der Waals surface area contributed by atoms with Crippen molar-refractivity contribution < 1.29 is 9.90 Å². The van der Waals surface area contributed by atoms with E-state index in [-0.39, 0.29) is 12.4 Å². The van der Waals surface area contributed by atoms with Crippen molar-refractivity contribution in [1.29, 1.82) is 0 Å². The van der Waals surface area contributed by atoms with Gasteiger partial charge in [-0.15, -0.1) is 0 Å². The third-order valence-corrected chi connectivity index (χ3v) is 2.83. The quantitative estimate of drug-likeness (QED) is 0.497. The zero-order chi connectivity index (χ0) is 12.0. The highest BCUT2D eigenvalue weighted by Crippen LogP contribution is 2.15. The van der Waals surface area contributed by atoms with Gasteiger partial charge in [0, 0.05) is 18.6 Å². The summed E-state index contributed by atoms with van der Waals surface area (Å²) in [6.45, 7) is 2.13. The zero-order valence-electron chi connectivity index (χ0n) is 9.37. The average Bonchev–Trinajstić information content (AvgIpc) is 2.29. The molecule has 88 valence electrons. The summed E-state index contributed by atoms with van der Waals surface area (Å²) in [4.78, 5) is 16.2. The van der Waals surface area contributed by atoms with Gasteiger partial charge in [-0.1, -0.05) is 6.92 Å². The first-order valence-electron chi connectivity index (χ1n) is 5.48. The summed E-state index contributed by atoms with van der Waals surface area (Å²) >= 11 is 3.29. The van der Waals surface area contributed by atoms with Crippen molar-refractivity contribution in [3.8, 4) is 0 Å². The number of halogens is 1. The average molecular weight is 286 g/mol. The van der Waals surface area contributed by atoms with Gasteiger partial charge in [0.25, 0.3) is 0 Å². The van der Waals surface area contributed by atoms with Gasteiger partial charge in [-0.2, -0.15) is 0 Å². The Hall–Kier alpha value is -0.740. The number of carbonyl (C=O) groups excluding carboxylic acids is 1. The summed E-state index contributed by atoms with van der Waals surface area (Å²) < 4.78 is 0.760. The second kappa shape index (κ2) is 6.76. The van der Waals surface area contributed by atoms with Gasteiger partial charge in [-0.05, 0) is 47.3 Å². The normalized spacial score (nSPS) is 10.4. The van der Waals surface area contributed by atoms with E-state index in [0.29, 0.717) is 18.4 Å². The minimum Gasteiger partial charge on any atom is -0.396 e. The van der Waals surface area contributed by atoms with E-state index < -0.39 is 0 Å². The molecule has 0 aliphatic rings. The van der Waals surface area contributed by atoms with Crippen LogP contribution in [-0.2, 0) is 6.42 Å². The first kappa shape index (κ1) is 13.3. The number of unbranched alkanes of at least 4 members (excludes halogenated alkanes) is 1. The SMILES string of the molecule is CCc1nc(Br)ccc1C(=O)CCCCO. The van der Waals surface area contributed by atoms with E-state index >= 15 is 0 Å². The Morgan fingerprint density at radius 1 is 1.44 bits per heavy atom. The summed E-state index contributed by atoms with van der Waals surface area (Å²) in [7, 11) is 0. The molecule has 0 aliphatic heterocycles. The predicted octanol–water partition coefficient (Wildman–Crippen LogP) is 2.75. The first-order valence-corrected chi connectivity index (χ1v) is 6.27. The Balaban J connectivity index is 2.74. The number of aliphatic hydroxyl groups excluding tert-OH is 1. The van der Waals surface area contributed by atoms with Gasteiger partial charge in [0.2, 0.25) is 0 Å². The number of carbonyl (C=O) groups is 1. The van der Waals surface area contributed by atoms with E-state index in [4.69, 9.17) is 5.11 Å². The molecule has 1 rings (SSSR count). The number of ketones is 1. The van der Waals surface area contributed by atoms with Crippen molar-refractivity contribution in [3.63, 3.8) is 0 Å². The maximum Gasteiger partial charge on any atom is 0.164 e. The second-order valence-electron chi connectivity index (χ2n) is 3.59. The smallest absolute Gasteiger partial charge is 0.164 e. The summed E-state index contributed by atoms with van der Waals surface area (Å²) in [5.74, 6) is 0.116. The highest BCUT2D eigenvalue weighted by Gasteiger charge is 2.11. The Kier molecular flexibility index (Phi) is 5.63. The van der Waals surface area contributed by atoms with Crippen LogP contribution in [-0.4, -0.2) is 22.5 Å². The van der Waals surface area contributed by atoms with E-state index in [0.717, 1.165) is 23.1 Å². The van der Waals surface area contributed by atoms with Gasteiger partial charge in [-0.3, -0.25) is 4.79 Å². The number of aromatic nitrogens is 1. The predicted molar refractivity (Wildman–Crippen MR) is 66.6 cm³/mol. The number of nitrogens with zero attached hydrogens (tertiary/aromatic N) is 1. The molecule has 1 heterocycles. The van der Waals surface area contributed by atoms with Crippen LogP contribution in [0.15, 0.2) is 16.7 Å². The summed E-state index contributed by atoms with van der Waals surface area (Å²) in [6.07, 6.45) is 2.64. The Morgan fingerprint density at radius 2 is 2.19 bits per heavy atom. The topological polar surface area (TPSA) is 50.2 Å². The van der Waals surface area contributed by atoms with Gasteiger partial charge >= 0.3 is 0 Å². The third kappa shape index (κ3) is 3.68. The zero-order valence-corrected chi connectivity index (χ0v) is 11.0. The Morgan fingerprint density at radius 3 is 2.81 bits per heavy atom.